The molecule has 1 saturated heterocycles. The lowest BCUT2D eigenvalue weighted by atomic mass is 10.1. The summed E-state index contributed by atoms with van der Waals surface area (Å²) in [5.41, 5.74) is 0.0772. The maximum atomic E-state index is 13.8. The first kappa shape index (κ1) is 12.8. The average Bonchev–Trinajstić information content (AvgIpc) is 2.13. The largest absolute Gasteiger partial charge is 0.364 e. The Morgan fingerprint density at radius 1 is 1.18 bits per heavy atom. The first-order valence-electron chi connectivity index (χ1n) is 5.63. The Morgan fingerprint density at radius 2 is 1.65 bits per heavy atom. The fourth-order valence-corrected chi connectivity index (χ4v) is 2.75. The van der Waals surface area contributed by atoms with Gasteiger partial charge in [0.15, 0.2) is 11.6 Å². The van der Waals surface area contributed by atoms with Crippen LogP contribution in [0, 0.1) is 11.6 Å². The van der Waals surface area contributed by atoms with Crippen LogP contribution in [0.1, 0.15) is 13.8 Å². The Morgan fingerprint density at radius 3 is 2.12 bits per heavy atom. The number of hydrogen-bond acceptors (Lipinski definition) is 2. The van der Waals surface area contributed by atoms with Gasteiger partial charge in [-0.3, -0.25) is 0 Å². The molecular formula is C12H15BrF2N2. The number of hydrogen-bond donors (Lipinski definition) is 1. The summed E-state index contributed by atoms with van der Waals surface area (Å²) < 4.78 is 28.1. The van der Waals surface area contributed by atoms with E-state index in [0.717, 1.165) is 0 Å². The van der Waals surface area contributed by atoms with Crippen molar-refractivity contribution >= 4 is 21.6 Å². The van der Waals surface area contributed by atoms with Crippen LogP contribution in [0.15, 0.2) is 16.6 Å². The molecule has 0 amide bonds. The van der Waals surface area contributed by atoms with Crippen LogP contribution in [0.3, 0.4) is 0 Å². The fraction of sp³-hybridized carbons (Fsp3) is 0.500. The molecule has 0 radical (unpaired) electrons. The van der Waals surface area contributed by atoms with Gasteiger partial charge in [-0.15, -0.1) is 0 Å². The van der Waals surface area contributed by atoms with Gasteiger partial charge < -0.3 is 10.2 Å². The van der Waals surface area contributed by atoms with E-state index in [1.165, 1.54) is 12.1 Å². The van der Waals surface area contributed by atoms with Crippen molar-refractivity contribution in [3.8, 4) is 0 Å². The molecular weight excluding hydrogens is 290 g/mol. The number of nitrogens with zero attached hydrogens (tertiary/aromatic N) is 1. The van der Waals surface area contributed by atoms with Crippen LogP contribution in [0.5, 0.6) is 0 Å². The summed E-state index contributed by atoms with van der Waals surface area (Å²) in [6, 6.07) is 3.05. The smallest absolute Gasteiger partial charge is 0.150 e. The van der Waals surface area contributed by atoms with E-state index in [0.29, 0.717) is 17.6 Å². The minimum absolute atomic E-state index is 0.0772. The normalized spacial score (nSPS) is 25.1. The number of nitrogens with one attached hydrogen (secondary N) is 1. The topological polar surface area (TPSA) is 15.3 Å². The molecule has 1 aliphatic rings. The summed E-state index contributed by atoms with van der Waals surface area (Å²) in [6.45, 7) is 5.24. The SMILES string of the molecule is CC1CN(c2c(F)cc(Br)cc2F)CC(C)N1. The zero-order valence-corrected chi connectivity index (χ0v) is 11.4. The van der Waals surface area contributed by atoms with E-state index in [-0.39, 0.29) is 17.8 Å². The molecule has 0 bridgehead atoms. The molecule has 0 spiro atoms. The van der Waals surface area contributed by atoms with E-state index in [1.54, 1.807) is 4.90 Å². The van der Waals surface area contributed by atoms with Crippen LogP contribution in [-0.2, 0) is 0 Å². The maximum absolute atomic E-state index is 13.8. The van der Waals surface area contributed by atoms with Crippen molar-refractivity contribution in [2.75, 3.05) is 18.0 Å². The van der Waals surface area contributed by atoms with Crippen LogP contribution in [0.25, 0.3) is 0 Å². The molecule has 1 fully saturated rings. The number of piperazine rings is 1. The summed E-state index contributed by atoms with van der Waals surface area (Å²) in [4.78, 5) is 1.77. The van der Waals surface area contributed by atoms with Gasteiger partial charge in [0.1, 0.15) is 5.69 Å². The Balaban J connectivity index is 2.33. The summed E-state index contributed by atoms with van der Waals surface area (Å²) in [5.74, 6) is -1.03. The molecule has 2 unspecified atom stereocenters. The zero-order valence-electron chi connectivity index (χ0n) is 9.80. The Kier molecular flexibility index (Phi) is 3.68. The van der Waals surface area contributed by atoms with Crippen molar-refractivity contribution in [3.05, 3.63) is 28.2 Å². The fourth-order valence-electron chi connectivity index (χ4n) is 2.35. The molecule has 1 aromatic rings. The molecule has 1 heterocycles. The highest BCUT2D eigenvalue weighted by atomic mass is 79.9. The standard InChI is InChI=1S/C12H15BrF2N2/c1-7-5-17(6-8(2)16-7)12-10(14)3-9(13)4-11(12)15/h3-4,7-8,16H,5-6H2,1-2H3. The van der Waals surface area contributed by atoms with Gasteiger partial charge in [0.05, 0.1) is 0 Å². The molecule has 2 nitrogen and oxygen atoms in total. The van der Waals surface area contributed by atoms with Crippen molar-refractivity contribution in [2.45, 2.75) is 25.9 Å². The summed E-state index contributed by atoms with van der Waals surface area (Å²) in [5, 5.41) is 3.33. The number of anilines is 1. The summed E-state index contributed by atoms with van der Waals surface area (Å²) in [6.07, 6.45) is 0. The van der Waals surface area contributed by atoms with Crippen molar-refractivity contribution in [1.82, 2.24) is 5.32 Å². The molecule has 1 aliphatic heterocycles. The maximum Gasteiger partial charge on any atom is 0.150 e. The third kappa shape index (κ3) is 2.77. The average molecular weight is 305 g/mol. The van der Waals surface area contributed by atoms with Gasteiger partial charge in [0.2, 0.25) is 0 Å². The quantitative estimate of drug-likeness (QED) is 0.858. The zero-order chi connectivity index (χ0) is 12.6. The molecule has 1 aromatic carbocycles. The molecule has 0 saturated carbocycles. The van der Waals surface area contributed by atoms with E-state index in [1.807, 2.05) is 13.8 Å². The van der Waals surface area contributed by atoms with Crippen molar-refractivity contribution in [2.24, 2.45) is 0 Å². The molecule has 2 atom stereocenters. The highest BCUT2D eigenvalue weighted by molar-refractivity contribution is 9.10. The molecule has 0 aliphatic carbocycles. The van der Waals surface area contributed by atoms with Gasteiger partial charge in [0.25, 0.3) is 0 Å². The molecule has 0 aromatic heterocycles. The van der Waals surface area contributed by atoms with Gasteiger partial charge in [-0.2, -0.15) is 0 Å². The predicted octanol–water partition coefficient (Wildman–Crippen LogP) is 2.91. The lowest BCUT2D eigenvalue weighted by molar-refractivity contribution is 0.400. The van der Waals surface area contributed by atoms with Crippen molar-refractivity contribution < 1.29 is 8.78 Å². The molecule has 94 valence electrons. The van der Waals surface area contributed by atoms with Gasteiger partial charge in [-0.05, 0) is 26.0 Å². The van der Waals surface area contributed by atoms with Crippen LogP contribution < -0.4 is 10.2 Å². The molecule has 17 heavy (non-hydrogen) atoms. The third-order valence-electron chi connectivity index (χ3n) is 2.86. The Labute approximate surface area is 108 Å². The van der Waals surface area contributed by atoms with E-state index in [4.69, 9.17) is 0 Å². The van der Waals surface area contributed by atoms with E-state index < -0.39 is 11.6 Å². The highest BCUT2D eigenvalue weighted by Crippen LogP contribution is 2.28. The first-order valence-corrected chi connectivity index (χ1v) is 6.42. The van der Waals surface area contributed by atoms with E-state index in [2.05, 4.69) is 21.2 Å². The lowest BCUT2D eigenvalue weighted by Crippen LogP contribution is -2.54. The second-order valence-corrected chi connectivity index (χ2v) is 5.51. The number of benzene rings is 1. The van der Waals surface area contributed by atoms with E-state index in [9.17, 15) is 8.78 Å². The minimum atomic E-state index is -0.516. The number of halogens is 3. The second kappa shape index (κ2) is 4.90. The van der Waals surface area contributed by atoms with Gasteiger partial charge >= 0.3 is 0 Å². The summed E-state index contributed by atoms with van der Waals surface area (Å²) in [7, 11) is 0. The van der Waals surface area contributed by atoms with Crippen LogP contribution >= 0.6 is 15.9 Å². The molecule has 5 heteroatoms. The lowest BCUT2D eigenvalue weighted by Gasteiger charge is -2.37. The first-order chi connectivity index (χ1) is 7.97. The minimum Gasteiger partial charge on any atom is -0.364 e. The van der Waals surface area contributed by atoms with E-state index >= 15 is 0 Å². The number of rotatable bonds is 1. The van der Waals surface area contributed by atoms with Crippen LogP contribution in [0.4, 0.5) is 14.5 Å². The second-order valence-electron chi connectivity index (χ2n) is 4.59. The van der Waals surface area contributed by atoms with Gasteiger partial charge in [0, 0.05) is 29.6 Å². The van der Waals surface area contributed by atoms with Crippen molar-refractivity contribution in [3.63, 3.8) is 0 Å². The van der Waals surface area contributed by atoms with Crippen LogP contribution in [0.2, 0.25) is 0 Å². The summed E-state index contributed by atoms with van der Waals surface area (Å²) >= 11 is 3.08. The Bertz CT molecular complexity index is 392. The predicted molar refractivity (Wildman–Crippen MR) is 68.3 cm³/mol. The Hall–Kier alpha value is -0.680. The third-order valence-corrected chi connectivity index (χ3v) is 3.31. The van der Waals surface area contributed by atoms with Gasteiger partial charge in [-0.1, -0.05) is 15.9 Å². The van der Waals surface area contributed by atoms with Crippen LogP contribution in [-0.4, -0.2) is 25.2 Å². The van der Waals surface area contributed by atoms with Crippen molar-refractivity contribution in [1.29, 1.82) is 0 Å². The molecule has 1 N–H and O–H groups in total. The highest BCUT2D eigenvalue weighted by Gasteiger charge is 2.25. The van der Waals surface area contributed by atoms with Gasteiger partial charge in [-0.25, -0.2) is 8.78 Å². The monoisotopic (exact) mass is 304 g/mol. The molecule has 2 rings (SSSR count).